The summed E-state index contributed by atoms with van der Waals surface area (Å²) in [5, 5.41) is 5.71. The Balaban J connectivity index is 1.57. The predicted octanol–water partition coefficient (Wildman–Crippen LogP) is 4.28. The van der Waals surface area contributed by atoms with E-state index in [1.165, 1.54) is 12.1 Å². The third kappa shape index (κ3) is 5.48. The second-order valence-corrected chi connectivity index (χ2v) is 6.62. The average Bonchev–Trinajstić information content (AvgIpc) is 2.75. The van der Waals surface area contributed by atoms with Crippen LogP contribution in [0.15, 0.2) is 73.1 Å². The Labute approximate surface area is 169 Å². The van der Waals surface area contributed by atoms with Crippen molar-refractivity contribution in [1.82, 2.24) is 10.3 Å². The van der Waals surface area contributed by atoms with Gasteiger partial charge in [-0.1, -0.05) is 31.2 Å². The second-order valence-electron chi connectivity index (χ2n) is 6.62. The largest absolute Gasteiger partial charge is 0.351 e. The quantitative estimate of drug-likeness (QED) is 0.631. The monoisotopic (exact) mass is 391 g/mol. The van der Waals surface area contributed by atoms with E-state index in [0.29, 0.717) is 24.2 Å². The topological polar surface area (TPSA) is 71.1 Å². The maximum absolute atomic E-state index is 13.1. The van der Waals surface area contributed by atoms with Crippen molar-refractivity contribution < 1.29 is 14.0 Å². The third-order valence-electron chi connectivity index (χ3n) is 4.62. The lowest BCUT2D eigenvalue weighted by atomic mass is 9.95. The van der Waals surface area contributed by atoms with Gasteiger partial charge in [0.05, 0.1) is 5.92 Å². The maximum atomic E-state index is 13.1. The van der Waals surface area contributed by atoms with Crippen molar-refractivity contribution in [1.29, 1.82) is 0 Å². The predicted molar refractivity (Wildman–Crippen MR) is 110 cm³/mol. The van der Waals surface area contributed by atoms with E-state index in [0.717, 1.165) is 11.1 Å². The van der Waals surface area contributed by atoms with Gasteiger partial charge in [0.2, 0.25) is 5.91 Å². The summed E-state index contributed by atoms with van der Waals surface area (Å²) < 4.78 is 13.1. The Morgan fingerprint density at radius 1 is 0.966 bits per heavy atom. The molecule has 29 heavy (non-hydrogen) atoms. The molecule has 0 saturated carbocycles. The lowest BCUT2D eigenvalue weighted by Gasteiger charge is -2.15. The van der Waals surface area contributed by atoms with Crippen LogP contribution >= 0.6 is 0 Å². The van der Waals surface area contributed by atoms with E-state index in [1.54, 1.807) is 60.9 Å². The molecular weight excluding hydrogens is 369 g/mol. The van der Waals surface area contributed by atoms with Crippen molar-refractivity contribution in [3.8, 4) is 0 Å². The zero-order chi connectivity index (χ0) is 20.6. The van der Waals surface area contributed by atoms with Crippen molar-refractivity contribution in [2.24, 2.45) is 0 Å². The van der Waals surface area contributed by atoms with Gasteiger partial charge in [-0.15, -0.1) is 0 Å². The second kappa shape index (κ2) is 9.59. The molecule has 3 aromatic rings. The minimum absolute atomic E-state index is 0.112. The van der Waals surface area contributed by atoms with Crippen LogP contribution in [0.4, 0.5) is 10.1 Å². The van der Waals surface area contributed by atoms with Gasteiger partial charge in [0.25, 0.3) is 5.91 Å². The van der Waals surface area contributed by atoms with Crippen molar-refractivity contribution in [3.05, 3.63) is 95.6 Å². The van der Waals surface area contributed by atoms with Crippen LogP contribution in [0.3, 0.4) is 0 Å². The van der Waals surface area contributed by atoms with Gasteiger partial charge in [-0.25, -0.2) is 4.39 Å². The lowest BCUT2D eigenvalue weighted by molar-refractivity contribution is -0.122. The molecule has 2 aromatic carbocycles. The van der Waals surface area contributed by atoms with Crippen LogP contribution in [0, 0.1) is 5.82 Å². The standard InChI is InChI=1S/C23H22FN3O2/c1-2-21(17-7-9-19(24)10-8-17)23(29)26-15-16-3-5-18(6-4-16)22(28)27-20-11-13-25-14-12-20/h3-14,21H,2,15H2,1H3,(H,26,29)(H,25,27,28). The number of carbonyl (C=O) groups is 2. The molecule has 2 N–H and O–H groups in total. The van der Waals surface area contributed by atoms with Crippen LogP contribution in [0.2, 0.25) is 0 Å². The summed E-state index contributed by atoms with van der Waals surface area (Å²) in [7, 11) is 0. The highest BCUT2D eigenvalue weighted by Gasteiger charge is 2.18. The summed E-state index contributed by atoms with van der Waals surface area (Å²) in [5.74, 6) is -0.981. The van der Waals surface area contributed by atoms with Gasteiger partial charge >= 0.3 is 0 Å². The smallest absolute Gasteiger partial charge is 0.255 e. The first kappa shape index (κ1) is 20.2. The SMILES string of the molecule is CCC(C(=O)NCc1ccc(C(=O)Nc2ccncc2)cc1)c1ccc(F)cc1. The van der Waals surface area contributed by atoms with Gasteiger partial charge < -0.3 is 10.6 Å². The van der Waals surface area contributed by atoms with Gasteiger partial charge in [-0.3, -0.25) is 14.6 Å². The molecule has 5 nitrogen and oxygen atoms in total. The fourth-order valence-electron chi connectivity index (χ4n) is 2.99. The van der Waals surface area contributed by atoms with Gasteiger partial charge in [-0.05, 0) is 53.9 Å². The van der Waals surface area contributed by atoms with Crippen LogP contribution in [0.5, 0.6) is 0 Å². The number of halogens is 1. The van der Waals surface area contributed by atoms with Crippen LogP contribution < -0.4 is 10.6 Å². The summed E-state index contributed by atoms with van der Waals surface area (Å²) in [6.45, 7) is 2.27. The number of pyridine rings is 1. The normalized spacial score (nSPS) is 11.5. The number of anilines is 1. The molecule has 0 radical (unpaired) electrons. The minimum atomic E-state index is -0.332. The molecule has 0 aliphatic heterocycles. The Morgan fingerprint density at radius 2 is 1.62 bits per heavy atom. The highest BCUT2D eigenvalue weighted by molar-refractivity contribution is 6.04. The first-order valence-corrected chi connectivity index (χ1v) is 9.40. The molecule has 1 heterocycles. The van der Waals surface area contributed by atoms with Crippen molar-refractivity contribution >= 4 is 17.5 Å². The Kier molecular flexibility index (Phi) is 6.68. The molecule has 1 unspecified atom stereocenters. The Bertz CT molecular complexity index is 958. The highest BCUT2D eigenvalue weighted by atomic mass is 19.1. The fraction of sp³-hybridized carbons (Fsp3) is 0.174. The van der Waals surface area contributed by atoms with Crippen LogP contribution in [-0.4, -0.2) is 16.8 Å². The molecule has 1 atom stereocenters. The lowest BCUT2D eigenvalue weighted by Crippen LogP contribution is -2.28. The van der Waals surface area contributed by atoms with E-state index in [1.807, 2.05) is 6.92 Å². The number of carbonyl (C=O) groups excluding carboxylic acids is 2. The molecule has 0 aliphatic rings. The zero-order valence-corrected chi connectivity index (χ0v) is 16.1. The number of hydrogen-bond acceptors (Lipinski definition) is 3. The van der Waals surface area contributed by atoms with Crippen molar-refractivity contribution in [3.63, 3.8) is 0 Å². The van der Waals surface area contributed by atoms with E-state index in [4.69, 9.17) is 0 Å². The summed E-state index contributed by atoms with van der Waals surface area (Å²) >= 11 is 0. The molecule has 0 aliphatic carbocycles. The molecule has 6 heteroatoms. The first-order chi connectivity index (χ1) is 14.1. The molecule has 1 aromatic heterocycles. The first-order valence-electron chi connectivity index (χ1n) is 9.40. The molecule has 0 bridgehead atoms. The Hall–Kier alpha value is -3.54. The van der Waals surface area contributed by atoms with Crippen LogP contribution in [-0.2, 0) is 11.3 Å². The summed E-state index contributed by atoms with van der Waals surface area (Å²) in [5.41, 5.74) is 2.87. The van der Waals surface area contributed by atoms with Gasteiger partial charge in [0.15, 0.2) is 0 Å². The van der Waals surface area contributed by atoms with Crippen LogP contribution in [0.25, 0.3) is 0 Å². The molecule has 148 valence electrons. The fourth-order valence-corrected chi connectivity index (χ4v) is 2.99. The van der Waals surface area contributed by atoms with Gasteiger partial charge in [0.1, 0.15) is 5.82 Å². The number of nitrogens with one attached hydrogen (secondary N) is 2. The molecular formula is C23H22FN3O2. The number of aromatic nitrogens is 1. The van der Waals surface area contributed by atoms with E-state index < -0.39 is 0 Å². The number of benzene rings is 2. The van der Waals surface area contributed by atoms with E-state index in [2.05, 4.69) is 15.6 Å². The molecule has 2 amide bonds. The van der Waals surface area contributed by atoms with E-state index >= 15 is 0 Å². The number of nitrogens with zero attached hydrogens (tertiary/aromatic N) is 1. The zero-order valence-electron chi connectivity index (χ0n) is 16.1. The summed E-state index contributed by atoms with van der Waals surface area (Å²) in [6, 6.07) is 16.5. The van der Waals surface area contributed by atoms with E-state index in [9.17, 15) is 14.0 Å². The number of rotatable bonds is 7. The summed E-state index contributed by atoms with van der Waals surface area (Å²) in [6.07, 6.45) is 3.83. The molecule has 0 saturated heterocycles. The minimum Gasteiger partial charge on any atom is -0.351 e. The third-order valence-corrected chi connectivity index (χ3v) is 4.62. The maximum Gasteiger partial charge on any atom is 0.255 e. The van der Waals surface area contributed by atoms with Gasteiger partial charge in [-0.2, -0.15) is 0 Å². The van der Waals surface area contributed by atoms with Crippen molar-refractivity contribution in [2.45, 2.75) is 25.8 Å². The summed E-state index contributed by atoms with van der Waals surface area (Å²) in [4.78, 5) is 28.7. The van der Waals surface area contributed by atoms with Crippen LogP contribution in [0.1, 0.15) is 40.7 Å². The van der Waals surface area contributed by atoms with Gasteiger partial charge in [0, 0.05) is 30.2 Å². The average molecular weight is 391 g/mol. The number of hydrogen-bond donors (Lipinski definition) is 2. The Morgan fingerprint density at radius 3 is 2.24 bits per heavy atom. The molecule has 0 fully saturated rings. The number of amides is 2. The highest BCUT2D eigenvalue weighted by Crippen LogP contribution is 2.20. The van der Waals surface area contributed by atoms with Crippen molar-refractivity contribution in [2.75, 3.05) is 5.32 Å². The molecule has 3 rings (SSSR count). The molecule has 0 spiro atoms. The van der Waals surface area contributed by atoms with E-state index in [-0.39, 0.29) is 23.5 Å².